The number of nitrogens with zero attached hydrogens (tertiary/aromatic N) is 3. The molecule has 0 aromatic heterocycles. The highest BCUT2D eigenvalue weighted by atomic mass is 19.4. The van der Waals surface area contributed by atoms with E-state index in [1.54, 1.807) is 23.1 Å². The fourth-order valence-electron chi connectivity index (χ4n) is 3.53. The van der Waals surface area contributed by atoms with Gasteiger partial charge in [-0.1, -0.05) is 18.2 Å². The fraction of sp³-hybridized carbons (Fsp3) is 0.273. The molecule has 0 aliphatic carbocycles. The lowest BCUT2D eigenvalue weighted by atomic mass is 10.1. The van der Waals surface area contributed by atoms with Crippen molar-refractivity contribution in [3.8, 4) is 11.5 Å². The maximum absolute atomic E-state index is 13.2. The summed E-state index contributed by atoms with van der Waals surface area (Å²) >= 11 is 0. The minimum atomic E-state index is -4.48. The van der Waals surface area contributed by atoms with Crippen molar-refractivity contribution < 1.29 is 22.7 Å². The largest absolute Gasteiger partial charge is 0.454 e. The van der Waals surface area contributed by atoms with Crippen molar-refractivity contribution in [2.24, 2.45) is 4.99 Å². The smallest absolute Gasteiger partial charge is 0.416 e. The Balaban J connectivity index is 1.65. The summed E-state index contributed by atoms with van der Waals surface area (Å²) < 4.78 is 45.6. The number of alkyl halides is 3. The van der Waals surface area contributed by atoms with Crippen LogP contribution in [-0.4, -0.2) is 54.4 Å². The van der Waals surface area contributed by atoms with Gasteiger partial charge in [0, 0.05) is 32.7 Å². The quantitative estimate of drug-likeness (QED) is 0.719. The molecular weight excluding hydrogens is 409 g/mol. The zero-order chi connectivity index (χ0) is 22.0. The number of nitrogens with one attached hydrogen (secondary N) is 1. The lowest BCUT2D eigenvalue weighted by Gasteiger charge is -2.36. The number of benzene rings is 2. The molecule has 1 saturated heterocycles. The van der Waals surface area contributed by atoms with Crippen LogP contribution in [0, 0.1) is 0 Å². The Hall–Kier alpha value is -3.49. The predicted octanol–water partition coefficient (Wildman–Crippen LogP) is 4.40. The van der Waals surface area contributed by atoms with Gasteiger partial charge in [0.25, 0.3) is 0 Å². The maximum atomic E-state index is 13.2. The second-order valence-corrected chi connectivity index (χ2v) is 7.16. The van der Waals surface area contributed by atoms with Gasteiger partial charge < -0.3 is 19.9 Å². The Kier molecular flexibility index (Phi) is 5.58. The van der Waals surface area contributed by atoms with Gasteiger partial charge in [-0.25, -0.2) is 9.79 Å². The third-order valence-electron chi connectivity index (χ3n) is 5.12. The fourth-order valence-corrected chi connectivity index (χ4v) is 3.53. The summed E-state index contributed by atoms with van der Waals surface area (Å²) in [6.07, 6.45) is -2.87. The minimum absolute atomic E-state index is 0.118. The number of urea groups is 1. The van der Waals surface area contributed by atoms with E-state index in [9.17, 15) is 18.0 Å². The second-order valence-electron chi connectivity index (χ2n) is 7.16. The predicted molar refractivity (Wildman–Crippen MR) is 111 cm³/mol. The van der Waals surface area contributed by atoms with Gasteiger partial charge in [0.05, 0.1) is 11.1 Å². The number of fused-ring (bicyclic) bond motifs is 2. The van der Waals surface area contributed by atoms with Gasteiger partial charge >= 0.3 is 12.2 Å². The third kappa shape index (κ3) is 4.35. The monoisotopic (exact) mass is 430 g/mol. The third-order valence-corrected chi connectivity index (χ3v) is 5.12. The Bertz CT molecular complexity index is 1030. The number of carbonyl (C=O) groups is 1. The topological polar surface area (TPSA) is 57.2 Å². The molecule has 1 N–H and O–H groups in total. The van der Waals surface area contributed by atoms with Gasteiger partial charge in [0.1, 0.15) is 17.3 Å². The van der Waals surface area contributed by atoms with E-state index in [0.717, 1.165) is 12.1 Å². The van der Waals surface area contributed by atoms with Crippen molar-refractivity contribution in [3.63, 3.8) is 0 Å². The Morgan fingerprint density at radius 3 is 2.58 bits per heavy atom. The van der Waals surface area contributed by atoms with E-state index >= 15 is 0 Å². The number of hydrogen-bond donors (Lipinski definition) is 1. The van der Waals surface area contributed by atoms with E-state index in [2.05, 4.69) is 16.9 Å². The molecular formula is C22H21F3N4O2. The van der Waals surface area contributed by atoms with Crippen LogP contribution in [-0.2, 0) is 6.18 Å². The summed E-state index contributed by atoms with van der Waals surface area (Å²) in [5.74, 6) is 1.31. The zero-order valence-corrected chi connectivity index (χ0v) is 16.7. The molecule has 1 fully saturated rings. The van der Waals surface area contributed by atoms with Crippen LogP contribution in [0.4, 0.5) is 23.7 Å². The molecule has 2 heterocycles. The van der Waals surface area contributed by atoms with Crippen LogP contribution in [0.2, 0.25) is 0 Å². The van der Waals surface area contributed by atoms with Crippen LogP contribution in [0.3, 0.4) is 0 Å². The minimum Gasteiger partial charge on any atom is -0.454 e. The number of piperazine rings is 1. The molecule has 162 valence electrons. The lowest BCUT2D eigenvalue weighted by Crippen LogP contribution is -2.53. The molecule has 2 aromatic rings. The summed E-state index contributed by atoms with van der Waals surface area (Å²) in [6.45, 7) is 5.86. The van der Waals surface area contributed by atoms with E-state index in [0.29, 0.717) is 49.9 Å². The number of amides is 2. The number of ether oxygens (including phenoxy) is 1. The summed E-state index contributed by atoms with van der Waals surface area (Å²) in [6, 6.07) is 10.3. The molecule has 0 saturated carbocycles. The Morgan fingerprint density at radius 1 is 1.13 bits per heavy atom. The first kappa shape index (κ1) is 20.8. The molecule has 6 nitrogen and oxygen atoms in total. The van der Waals surface area contributed by atoms with E-state index < -0.39 is 11.7 Å². The second kappa shape index (κ2) is 8.33. The highest BCUT2D eigenvalue weighted by Gasteiger charge is 2.33. The molecule has 2 aliphatic rings. The first-order valence-electron chi connectivity index (χ1n) is 9.82. The van der Waals surface area contributed by atoms with Gasteiger partial charge in [-0.15, -0.1) is 6.58 Å². The number of amidine groups is 1. The molecule has 2 amide bonds. The van der Waals surface area contributed by atoms with Crippen molar-refractivity contribution in [2.45, 2.75) is 6.18 Å². The van der Waals surface area contributed by atoms with Crippen LogP contribution in [0.15, 0.2) is 60.1 Å². The molecule has 2 aliphatic heterocycles. The number of hydrogen-bond acceptors (Lipinski definition) is 4. The number of aliphatic imine (C=N–C) groups is 1. The SMILES string of the molecule is C=CCNC(=O)N1CCN(C2=Nc3cc(C(F)(F)F)ccc3Oc3ccccc32)CC1. The van der Waals surface area contributed by atoms with Crippen LogP contribution in [0.5, 0.6) is 11.5 Å². The molecule has 4 rings (SSSR count). The van der Waals surface area contributed by atoms with Gasteiger partial charge in [0.2, 0.25) is 0 Å². The number of para-hydroxylation sites is 1. The highest BCUT2D eigenvalue weighted by molar-refractivity contribution is 6.03. The normalized spacial score (nSPS) is 15.8. The average molecular weight is 430 g/mol. The Labute approximate surface area is 177 Å². The average Bonchev–Trinajstić information content (AvgIpc) is 2.93. The lowest BCUT2D eigenvalue weighted by molar-refractivity contribution is -0.137. The molecule has 0 bridgehead atoms. The van der Waals surface area contributed by atoms with Crippen LogP contribution in [0.25, 0.3) is 0 Å². The highest BCUT2D eigenvalue weighted by Crippen LogP contribution is 2.41. The van der Waals surface area contributed by atoms with Crippen molar-refractivity contribution in [1.29, 1.82) is 0 Å². The van der Waals surface area contributed by atoms with Crippen LogP contribution < -0.4 is 10.1 Å². The van der Waals surface area contributed by atoms with Crippen molar-refractivity contribution >= 4 is 17.6 Å². The zero-order valence-electron chi connectivity index (χ0n) is 16.7. The maximum Gasteiger partial charge on any atom is 0.416 e. The summed E-state index contributed by atoms with van der Waals surface area (Å²) in [4.78, 5) is 20.4. The van der Waals surface area contributed by atoms with Gasteiger partial charge in [0.15, 0.2) is 5.75 Å². The molecule has 0 radical (unpaired) electrons. The Morgan fingerprint density at radius 2 is 1.87 bits per heavy atom. The summed E-state index contributed by atoms with van der Waals surface area (Å²) in [5, 5.41) is 2.75. The van der Waals surface area contributed by atoms with Crippen LogP contribution in [0.1, 0.15) is 11.1 Å². The number of halogens is 3. The van der Waals surface area contributed by atoms with Crippen molar-refractivity contribution in [1.82, 2.24) is 15.1 Å². The van der Waals surface area contributed by atoms with E-state index in [4.69, 9.17) is 4.74 Å². The van der Waals surface area contributed by atoms with Crippen molar-refractivity contribution in [2.75, 3.05) is 32.7 Å². The van der Waals surface area contributed by atoms with Gasteiger partial charge in [-0.05, 0) is 30.3 Å². The molecule has 0 unspecified atom stereocenters. The van der Waals surface area contributed by atoms with E-state index in [-0.39, 0.29) is 17.5 Å². The first-order valence-corrected chi connectivity index (χ1v) is 9.82. The molecule has 31 heavy (non-hydrogen) atoms. The molecule has 9 heteroatoms. The van der Waals surface area contributed by atoms with E-state index in [1.165, 1.54) is 6.07 Å². The molecule has 0 atom stereocenters. The summed E-state index contributed by atoms with van der Waals surface area (Å²) in [7, 11) is 0. The van der Waals surface area contributed by atoms with Gasteiger partial charge in [-0.2, -0.15) is 13.2 Å². The summed E-state index contributed by atoms with van der Waals surface area (Å²) in [5.41, 5.74) is 0.0246. The molecule has 2 aromatic carbocycles. The van der Waals surface area contributed by atoms with Gasteiger partial charge in [-0.3, -0.25) is 0 Å². The van der Waals surface area contributed by atoms with E-state index in [1.807, 2.05) is 17.0 Å². The first-order chi connectivity index (χ1) is 14.9. The van der Waals surface area contributed by atoms with Crippen molar-refractivity contribution in [3.05, 3.63) is 66.2 Å². The number of rotatable bonds is 2. The standard InChI is InChI=1S/C22H21F3N4O2/c1-2-9-26-21(30)29-12-10-28(11-13-29)20-16-5-3-4-6-18(16)31-19-8-7-15(22(23,24)25)14-17(19)27-20/h2-8,14H,1,9-13H2,(H,26,30). The molecule has 0 spiro atoms. The number of carbonyl (C=O) groups excluding carboxylic acids is 1. The van der Waals surface area contributed by atoms with Crippen LogP contribution >= 0.6 is 0 Å².